The molecule has 0 aliphatic heterocycles. The quantitative estimate of drug-likeness (QED) is 0.622. The molecule has 1 atom stereocenters. The van der Waals surface area contributed by atoms with E-state index in [9.17, 15) is 24.8 Å². The molecule has 0 unspecified atom stereocenters. The van der Waals surface area contributed by atoms with Crippen molar-refractivity contribution in [2.45, 2.75) is 12.5 Å². The van der Waals surface area contributed by atoms with Crippen LogP contribution in [0, 0.1) is 10.1 Å². The number of nitrogens with one attached hydrogen (secondary N) is 1. The summed E-state index contributed by atoms with van der Waals surface area (Å²) in [5.41, 5.74) is 0.725. The first kappa shape index (κ1) is 16.2. The number of carbonyl (C=O) groups is 2. The third-order valence-corrected chi connectivity index (χ3v) is 3.21. The zero-order valence-corrected chi connectivity index (χ0v) is 12.0. The Bertz CT molecular complexity index is 713. The van der Waals surface area contributed by atoms with E-state index >= 15 is 0 Å². The highest BCUT2D eigenvalue weighted by molar-refractivity contribution is 5.96. The van der Waals surface area contributed by atoms with Gasteiger partial charge in [-0.1, -0.05) is 30.3 Å². The lowest BCUT2D eigenvalue weighted by Gasteiger charge is -2.19. The number of rotatable bonds is 6. The Morgan fingerprint density at radius 2 is 1.65 bits per heavy atom. The fourth-order valence-electron chi connectivity index (χ4n) is 2.02. The molecule has 1 amide bonds. The van der Waals surface area contributed by atoms with E-state index < -0.39 is 22.8 Å². The highest BCUT2D eigenvalue weighted by atomic mass is 16.6. The van der Waals surface area contributed by atoms with Crippen LogP contribution in [-0.2, 0) is 11.2 Å². The van der Waals surface area contributed by atoms with Crippen molar-refractivity contribution in [1.82, 2.24) is 5.32 Å². The second kappa shape index (κ2) is 7.17. The molecule has 0 radical (unpaired) electrons. The standard InChI is InChI=1S/C16H14N2O5/c19-15(12-6-8-13(9-7-12)18(22)23)17-14(16(20)21)10-11-4-2-1-3-5-11/h1-9,14H,10H2,(H,17,19)(H,20,21)/p-1/t14-/m1/s1. The Balaban J connectivity index is 2.08. The predicted molar refractivity (Wildman–Crippen MR) is 79.5 cm³/mol. The summed E-state index contributed by atoms with van der Waals surface area (Å²) in [6.07, 6.45) is 0.0852. The van der Waals surface area contributed by atoms with E-state index in [0.29, 0.717) is 0 Å². The normalized spacial score (nSPS) is 11.5. The lowest BCUT2D eigenvalue weighted by atomic mass is 10.1. The van der Waals surface area contributed by atoms with E-state index in [4.69, 9.17) is 0 Å². The van der Waals surface area contributed by atoms with Gasteiger partial charge in [-0.05, 0) is 24.1 Å². The van der Waals surface area contributed by atoms with Gasteiger partial charge < -0.3 is 15.2 Å². The van der Waals surface area contributed by atoms with Crippen LogP contribution in [0.4, 0.5) is 5.69 Å². The number of nitro groups is 1. The molecule has 0 heterocycles. The summed E-state index contributed by atoms with van der Waals surface area (Å²) in [7, 11) is 0. The molecule has 2 rings (SSSR count). The maximum atomic E-state index is 12.1. The number of carboxylic acids is 1. The van der Waals surface area contributed by atoms with Gasteiger partial charge in [0.2, 0.25) is 0 Å². The Labute approximate surface area is 131 Å². The Hall–Kier alpha value is -3.22. The number of nitro benzene ring substituents is 1. The van der Waals surface area contributed by atoms with Gasteiger partial charge in [-0.3, -0.25) is 14.9 Å². The molecule has 23 heavy (non-hydrogen) atoms. The van der Waals surface area contributed by atoms with E-state index in [1.807, 2.05) is 0 Å². The number of carbonyl (C=O) groups excluding carboxylic acids is 2. The molecule has 0 aromatic heterocycles. The molecule has 2 aromatic carbocycles. The number of amides is 1. The Kier molecular flexibility index (Phi) is 5.03. The van der Waals surface area contributed by atoms with Crippen LogP contribution in [0.15, 0.2) is 54.6 Å². The van der Waals surface area contributed by atoms with E-state index in [1.165, 1.54) is 24.3 Å². The average Bonchev–Trinajstić information content (AvgIpc) is 2.55. The highest BCUT2D eigenvalue weighted by Gasteiger charge is 2.16. The SMILES string of the molecule is O=C(N[C@H](Cc1ccccc1)C(=O)[O-])c1ccc([N+](=O)[O-])cc1. The third-order valence-electron chi connectivity index (χ3n) is 3.21. The highest BCUT2D eigenvalue weighted by Crippen LogP contribution is 2.12. The van der Waals surface area contributed by atoms with Crippen LogP contribution in [0.3, 0.4) is 0 Å². The molecule has 0 aliphatic rings. The molecule has 0 saturated carbocycles. The summed E-state index contributed by atoms with van der Waals surface area (Å²) in [6, 6.07) is 12.5. The van der Waals surface area contributed by atoms with Gasteiger partial charge in [0, 0.05) is 17.7 Å². The Morgan fingerprint density at radius 1 is 1.04 bits per heavy atom. The summed E-state index contributed by atoms with van der Waals surface area (Å²) >= 11 is 0. The van der Waals surface area contributed by atoms with Crippen molar-refractivity contribution >= 4 is 17.6 Å². The topological polar surface area (TPSA) is 112 Å². The van der Waals surface area contributed by atoms with Gasteiger partial charge >= 0.3 is 0 Å². The fourth-order valence-corrected chi connectivity index (χ4v) is 2.02. The largest absolute Gasteiger partial charge is 0.548 e. The molecule has 0 aliphatic carbocycles. The van der Waals surface area contributed by atoms with Crippen molar-refractivity contribution < 1.29 is 19.6 Å². The van der Waals surface area contributed by atoms with Gasteiger partial charge in [-0.15, -0.1) is 0 Å². The first-order valence-electron chi connectivity index (χ1n) is 6.77. The molecule has 7 heteroatoms. The number of nitrogens with zero attached hydrogens (tertiary/aromatic N) is 1. The molecule has 0 saturated heterocycles. The van der Waals surface area contributed by atoms with Crippen LogP contribution in [0.1, 0.15) is 15.9 Å². The zero-order valence-electron chi connectivity index (χ0n) is 12.0. The fraction of sp³-hybridized carbons (Fsp3) is 0.125. The maximum Gasteiger partial charge on any atom is 0.269 e. The number of hydrogen-bond acceptors (Lipinski definition) is 5. The van der Waals surface area contributed by atoms with E-state index in [0.717, 1.165) is 5.56 Å². The first-order chi connectivity index (χ1) is 11.0. The second-order valence-electron chi connectivity index (χ2n) is 4.84. The summed E-state index contributed by atoms with van der Waals surface area (Å²) in [6.45, 7) is 0. The molecule has 0 bridgehead atoms. The second-order valence-corrected chi connectivity index (χ2v) is 4.84. The number of benzene rings is 2. The number of non-ortho nitro benzene ring substituents is 1. The summed E-state index contributed by atoms with van der Waals surface area (Å²) in [5.74, 6) is -2.03. The van der Waals surface area contributed by atoms with Crippen LogP contribution >= 0.6 is 0 Å². The monoisotopic (exact) mass is 313 g/mol. The number of carboxylic acid groups (broad SMARTS) is 1. The average molecular weight is 313 g/mol. The molecule has 2 aromatic rings. The third kappa shape index (κ3) is 4.37. The smallest absolute Gasteiger partial charge is 0.269 e. The van der Waals surface area contributed by atoms with E-state index in [-0.39, 0.29) is 17.7 Å². The van der Waals surface area contributed by atoms with Gasteiger partial charge in [0.1, 0.15) is 0 Å². The molecular formula is C16H13N2O5-. The van der Waals surface area contributed by atoms with Crippen molar-refractivity contribution in [3.05, 3.63) is 75.8 Å². The lowest BCUT2D eigenvalue weighted by molar-refractivity contribution is -0.384. The minimum absolute atomic E-state index is 0.0852. The maximum absolute atomic E-state index is 12.1. The van der Waals surface area contributed by atoms with E-state index in [2.05, 4.69) is 5.32 Å². The van der Waals surface area contributed by atoms with Crippen LogP contribution in [-0.4, -0.2) is 22.8 Å². The van der Waals surface area contributed by atoms with Crippen LogP contribution in [0.25, 0.3) is 0 Å². The molecule has 0 spiro atoms. The minimum Gasteiger partial charge on any atom is -0.548 e. The van der Waals surface area contributed by atoms with Gasteiger partial charge in [-0.25, -0.2) is 0 Å². The molecule has 0 fully saturated rings. The molecular weight excluding hydrogens is 300 g/mol. The summed E-state index contributed by atoms with van der Waals surface area (Å²) in [5, 5.41) is 24.1. The summed E-state index contributed by atoms with van der Waals surface area (Å²) < 4.78 is 0. The van der Waals surface area contributed by atoms with Crippen molar-refractivity contribution in [2.24, 2.45) is 0 Å². The van der Waals surface area contributed by atoms with Crippen LogP contribution < -0.4 is 10.4 Å². The molecule has 1 N–H and O–H groups in total. The van der Waals surface area contributed by atoms with Crippen LogP contribution in [0.5, 0.6) is 0 Å². The zero-order chi connectivity index (χ0) is 16.8. The minimum atomic E-state index is -1.40. The first-order valence-corrected chi connectivity index (χ1v) is 6.77. The van der Waals surface area contributed by atoms with Crippen molar-refractivity contribution in [3.8, 4) is 0 Å². The van der Waals surface area contributed by atoms with Gasteiger partial charge in [0.05, 0.1) is 16.9 Å². The Morgan fingerprint density at radius 3 is 2.17 bits per heavy atom. The predicted octanol–water partition coefficient (Wildman–Crippen LogP) is 0.686. The van der Waals surface area contributed by atoms with Crippen molar-refractivity contribution in [2.75, 3.05) is 0 Å². The van der Waals surface area contributed by atoms with Crippen LogP contribution in [0.2, 0.25) is 0 Å². The lowest BCUT2D eigenvalue weighted by Crippen LogP contribution is -2.49. The molecule has 118 valence electrons. The van der Waals surface area contributed by atoms with Crippen molar-refractivity contribution in [3.63, 3.8) is 0 Å². The van der Waals surface area contributed by atoms with Crippen molar-refractivity contribution in [1.29, 1.82) is 0 Å². The van der Waals surface area contributed by atoms with Gasteiger partial charge in [-0.2, -0.15) is 0 Å². The summed E-state index contributed by atoms with van der Waals surface area (Å²) in [4.78, 5) is 33.2. The van der Waals surface area contributed by atoms with Gasteiger partial charge in [0.25, 0.3) is 11.6 Å². The van der Waals surface area contributed by atoms with Gasteiger partial charge in [0.15, 0.2) is 0 Å². The number of aliphatic carboxylic acids is 1. The number of hydrogen-bond donors (Lipinski definition) is 1. The molecule has 7 nitrogen and oxygen atoms in total. The van der Waals surface area contributed by atoms with E-state index in [1.54, 1.807) is 30.3 Å².